The van der Waals surface area contributed by atoms with Crippen LogP contribution in [0.3, 0.4) is 0 Å². The lowest BCUT2D eigenvalue weighted by Crippen LogP contribution is -2.36. The van der Waals surface area contributed by atoms with E-state index in [-0.39, 0.29) is 6.03 Å². The van der Waals surface area contributed by atoms with Crippen LogP contribution in [0, 0.1) is 0 Å². The SMILES string of the molecule is CCN1CCCc2cc(CCNC(=O)NCc3ccccc3)ccc21. The van der Waals surface area contributed by atoms with Crippen molar-refractivity contribution in [2.45, 2.75) is 32.7 Å². The van der Waals surface area contributed by atoms with Gasteiger partial charge in [-0.15, -0.1) is 0 Å². The number of nitrogens with one attached hydrogen (secondary N) is 2. The van der Waals surface area contributed by atoms with Crippen molar-refractivity contribution in [2.24, 2.45) is 0 Å². The zero-order valence-electron chi connectivity index (χ0n) is 14.9. The maximum Gasteiger partial charge on any atom is 0.315 e. The number of fused-ring (bicyclic) bond motifs is 1. The first-order valence-corrected chi connectivity index (χ1v) is 9.18. The molecule has 2 amide bonds. The molecule has 0 unspecified atom stereocenters. The standard InChI is InChI=1S/C21H27N3O/c1-2-24-14-6-9-19-15-17(10-11-20(19)24)12-13-22-21(25)23-16-18-7-4-3-5-8-18/h3-5,7-8,10-11,15H,2,6,9,12-14,16H2,1H3,(H2,22,23,25). The molecule has 1 heterocycles. The van der Waals surface area contributed by atoms with Gasteiger partial charge in [0, 0.05) is 31.9 Å². The Hall–Kier alpha value is -2.49. The normalized spacial score (nSPS) is 13.2. The summed E-state index contributed by atoms with van der Waals surface area (Å²) in [5.41, 5.74) is 5.22. The lowest BCUT2D eigenvalue weighted by molar-refractivity contribution is 0.240. The van der Waals surface area contributed by atoms with E-state index < -0.39 is 0 Å². The lowest BCUT2D eigenvalue weighted by atomic mass is 9.98. The van der Waals surface area contributed by atoms with Gasteiger partial charge < -0.3 is 15.5 Å². The molecule has 1 aliphatic rings. The molecule has 0 fully saturated rings. The van der Waals surface area contributed by atoms with Crippen LogP contribution in [0.15, 0.2) is 48.5 Å². The predicted octanol–water partition coefficient (Wildman–Crippen LogP) is 3.50. The van der Waals surface area contributed by atoms with Gasteiger partial charge in [0.15, 0.2) is 0 Å². The average molecular weight is 337 g/mol. The Labute approximate surface area is 150 Å². The molecule has 25 heavy (non-hydrogen) atoms. The second-order valence-electron chi connectivity index (χ2n) is 6.49. The van der Waals surface area contributed by atoms with E-state index in [1.165, 1.54) is 23.2 Å². The molecule has 3 rings (SSSR count). The number of carbonyl (C=O) groups excluding carboxylic acids is 1. The first-order chi connectivity index (χ1) is 12.3. The van der Waals surface area contributed by atoms with Gasteiger partial charge in [-0.1, -0.05) is 42.5 Å². The second kappa shape index (κ2) is 8.56. The van der Waals surface area contributed by atoms with E-state index in [0.29, 0.717) is 13.1 Å². The summed E-state index contributed by atoms with van der Waals surface area (Å²) in [4.78, 5) is 14.3. The molecule has 0 saturated heterocycles. The summed E-state index contributed by atoms with van der Waals surface area (Å²) in [6.07, 6.45) is 3.24. The number of nitrogens with zero attached hydrogens (tertiary/aromatic N) is 1. The Bertz CT molecular complexity index is 700. The smallest absolute Gasteiger partial charge is 0.315 e. The molecule has 2 aromatic carbocycles. The highest BCUT2D eigenvalue weighted by Crippen LogP contribution is 2.27. The second-order valence-corrected chi connectivity index (χ2v) is 6.49. The molecule has 0 radical (unpaired) electrons. The number of carbonyl (C=O) groups is 1. The molecule has 0 bridgehead atoms. The fourth-order valence-electron chi connectivity index (χ4n) is 3.37. The maximum absolute atomic E-state index is 11.9. The molecule has 1 aliphatic heterocycles. The van der Waals surface area contributed by atoms with Crippen molar-refractivity contribution in [3.63, 3.8) is 0 Å². The molecular weight excluding hydrogens is 310 g/mol. The van der Waals surface area contributed by atoms with Crippen LogP contribution < -0.4 is 15.5 Å². The van der Waals surface area contributed by atoms with Crippen LogP contribution in [-0.4, -0.2) is 25.7 Å². The summed E-state index contributed by atoms with van der Waals surface area (Å²) >= 11 is 0. The summed E-state index contributed by atoms with van der Waals surface area (Å²) in [5, 5.41) is 5.83. The molecule has 4 heteroatoms. The number of hydrogen-bond acceptors (Lipinski definition) is 2. The van der Waals surface area contributed by atoms with Crippen molar-refractivity contribution in [3.05, 3.63) is 65.2 Å². The van der Waals surface area contributed by atoms with Gasteiger partial charge in [0.2, 0.25) is 0 Å². The molecule has 0 aliphatic carbocycles. The Kier molecular flexibility index (Phi) is 5.94. The van der Waals surface area contributed by atoms with Crippen molar-refractivity contribution >= 4 is 11.7 Å². The first-order valence-electron chi connectivity index (χ1n) is 9.18. The first kappa shape index (κ1) is 17.3. The predicted molar refractivity (Wildman–Crippen MR) is 103 cm³/mol. The lowest BCUT2D eigenvalue weighted by Gasteiger charge is -2.30. The van der Waals surface area contributed by atoms with Gasteiger partial charge >= 0.3 is 6.03 Å². The Morgan fingerprint density at radius 2 is 1.92 bits per heavy atom. The Morgan fingerprint density at radius 3 is 2.72 bits per heavy atom. The third kappa shape index (κ3) is 4.75. The van der Waals surface area contributed by atoms with Crippen LogP contribution in [0.5, 0.6) is 0 Å². The van der Waals surface area contributed by atoms with Crippen LogP contribution in [-0.2, 0) is 19.4 Å². The molecule has 4 nitrogen and oxygen atoms in total. The van der Waals surface area contributed by atoms with Gasteiger partial charge in [0.1, 0.15) is 0 Å². The topological polar surface area (TPSA) is 44.4 Å². The van der Waals surface area contributed by atoms with Gasteiger partial charge in [-0.2, -0.15) is 0 Å². The van der Waals surface area contributed by atoms with Gasteiger partial charge in [0.05, 0.1) is 0 Å². The number of anilines is 1. The molecule has 0 spiro atoms. The quantitative estimate of drug-likeness (QED) is 0.847. The molecule has 2 aromatic rings. The zero-order chi connectivity index (χ0) is 17.5. The number of benzene rings is 2. The fourth-order valence-corrected chi connectivity index (χ4v) is 3.37. The highest BCUT2D eigenvalue weighted by atomic mass is 16.2. The van der Waals surface area contributed by atoms with Crippen LogP contribution in [0.1, 0.15) is 30.0 Å². The summed E-state index contributed by atoms with van der Waals surface area (Å²) in [6.45, 7) is 5.64. The highest BCUT2D eigenvalue weighted by molar-refractivity contribution is 5.73. The largest absolute Gasteiger partial charge is 0.372 e. The molecule has 2 N–H and O–H groups in total. The molecular formula is C21H27N3O. The maximum atomic E-state index is 11.9. The van der Waals surface area contributed by atoms with E-state index in [0.717, 1.165) is 31.5 Å². The van der Waals surface area contributed by atoms with Crippen LogP contribution >= 0.6 is 0 Å². The van der Waals surface area contributed by atoms with Gasteiger partial charge in [-0.05, 0) is 48.9 Å². The van der Waals surface area contributed by atoms with Crippen molar-refractivity contribution < 1.29 is 4.79 Å². The fraction of sp³-hybridized carbons (Fsp3) is 0.381. The summed E-state index contributed by atoms with van der Waals surface area (Å²) in [7, 11) is 0. The molecule has 0 saturated carbocycles. The molecule has 0 aromatic heterocycles. The third-order valence-electron chi connectivity index (χ3n) is 4.74. The number of rotatable bonds is 6. The number of hydrogen-bond donors (Lipinski definition) is 2. The number of aryl methyl sites for hydroxylation is 1. The zero-order valence-corrected chi connectivity index (χ0v) is 14.9. The minimum atomic E-state index is -0.112. The highest BCUT2D eigenvalue weighted by Gasteiger charge is 2.15. The summed E-state index contributed by atoms with van der Waals surface area (Å²) < 4.78 is 0. The molecule has 132 valence electrons. The van der Waals surface area contributed by atoms with Gasteiger partial charge in [-0.25, -0.2) is 4.79 Å². The van der Waals surface area contributed by atoms with Crippen molar-refractivity contribution in [3.8, 4) is 0 Å². The van der Waals surface area contributed by atoms with E-state index in [4.69, 9.17) is 0 Å². The van der Waals surface area contributed by atoms with Crippen LogP contribution in [0.25, 0.3) is 0 Å². The van der Waals surface area contributed by atoms with E-state index in [1.807, 2.05) is 30.3 Å². The summed E-state index contributed by atoms with van der Waals surface area (Å²) in [5.74, 6) is 0. The van der Waals surface area contributed by atoms with E-state index in [1.54, 1.807) is 0 Å². The van der Waals surface area contributed by atoms with Crippen molar-refractivity contribution in [1.29, 1.82) is 0 Å². The monoisotopic (exact) mass is 337 g/mol. The van der Waals surface area contributed by atoms with Crippen molar-refractivity contribution in [1.82, 2.24) is 10.6 Å². The molecule has 0 atom stereocenters. The van der Waals surface area contributed by atoms with Gasteiger partial charge in [-0.3, -0.25) is 0 Å². The Balaban J connectivity index is 1.45. The van der Waals surface area contributed by atoms with Crippen molar-refractivity contribution in [2.75, 3.05) is 24.5 Å². The number of amides is 2. The van der Waals surface area contributed by atoms with Gasteiger partial charge in [0.25, 0.3) is 0 Å². The van der Waals surface area contributed by atoms with Crippen LogP contribution in [0.4, 0.5) is 10.5 Å². The van der Waals surface area contributed by atoms with E-state index in [9.17, 15) is 4.79 Å². The minimum absolute atomic E-state index is 0.112. The van der Waals surface area contributed by atoms with Crippen LogP contribution in [0.2, 0.25) is 0 Å². The minimum Gasteiger partial charge on any atom is -0.372 e. The number of urea groups is 1. The van der Waals surface area contributed by atoms with E-state index in [2.05, 4.69) is 40.7 Å². The summed E-state index contributed by atoms with van der Waals surface area (Å²) in [6, 6.07) is 16.6. The van der Waals surface area contributed by atoms with E-state index >= 15 is 0 Å². The average Bonchev–Trinajstić information content (AvgIpc) is 2.66. The Morgan fingerprint density at radius 1 is 1.08 bits per heavy atom. The third-order valence-corrected chi connectivity index (χ3v) is 4.74.